The fourth-order valence-corrected chi connectivity index (χ4v) is 5.95. The molecule has 3 aromatic carbocycles. The van der Waals surface area contributed by atoms with Gasteiger partial charge in [-0.15, -0.1) is 0 Å². The third-order valence-corrected chi connectivity index (χ3v) is 8.66. The van der Waals surface area contributed by atoms with Crippen molar-refractivity contribution in [3.63, 3.8) is 0 Å². The van der Waals surface area contributed by atoms with Crippen molar-refractivity contribution < 1.29 is 27.5 Å². The van der Waals surface area contributed by atoms with E-state index in [4.69, 9.17) is 21.1 Å². The van der Waals surface area contributed by atoms with Gasteiger partial charge in [0.15, 0.2) is 11.5 Å². The maximum atomic E-state index is 14.1. The third kappa shape index (κ3) is 7.71. The second-order valence-electron chi connectivity index (χ2n) is 9.19. The predicted molar refractivity (Wildman–Crippen MR) is 160 cm³/mol. The Labute approximate surface area is 247 Å². The van der Waals surface area contributed by atoms with Gasteiger partial charge in [0, 0.05) is 24.2 Å². The minimum atomic E-state index is -4.21. The van der Waals surface area contributed by atoms with Crippen LogP contribution in [0.15, 0.2) is 77.7 Å². The first-order chi connectivity index (χ1) is 19.7. The Bertz CT molecular complexity index is 1440. The van der Waals surface area contributed by atoms with Gasteiger partial charge in [-0.3, -0.25) is 13.9 Å². The molecule has 0 aliphatic heterocycles. The highest BCUT2D eigenvalue weighted by molar-refractivity contribution is 7.92. The first-order valence-corrected chi connectivity index (χ1v) is 15.1. The van der Waals surface area contributed by atoms with Crippen LogP contribution in [0.2, 0.25) is 5.02 Å². The number of nitrogens with one attached hydrogen (secondary N) is 1. The van der Waals surface area contributed by atoms with Crippen molar-refractivity contribution in [3.05, 3.63) is 83.4 Å². The summed E-state index contributed by atoms with van der Waals surface area (Å²) in [5.74, 6) is -0.196. The first kappa shape index (κ1) is 31.8. The zero-order valence-electron chi connectivity index (χ0n) is 23.7. The average molecular weight is 602 g/mol. The van der Waals surface area contributed by atoms with Gasteiger partial charge in [-0.2, -0.15) is 0 Å². The number of nitrogens with zero attached hydrogens (tertiary/aromatic N) is 2. The minimum Gasteiger partial charge on any atom is -0.493 e. The number of amides is 2. The molecule has 0 radical (unpaired) electrons. The molecule has 9 nitrogen and oxygen atoms in total. The maximum Gasteiger partial charge on any atom is 0.264 e. The summed E-state index contributed by atoms with van der Waals surface area (Å²) in [4.78, 5) is 28.7. The van der Waals surface area contributed by atoms with Gasteiger partial charge in [-0.25, -0.2) is 8.42 Å². The summed E-state index contributed by atoms with van der Waals surface area (Å²) in [6, 6.07) is 18.6. The zero-order valence-corrected chi connectivity index (χ0v) is 25.2. The highest BCUT2D eigenvalue weighted by Crippen LogP contribution is 2.34. The zero-order chi connectivity index (χ0) is 30.0. The van der Waals surface area contributed by atoms with Crippen molar-refractivity contribution in [1.29, 1.82) is 0 Å². The van der Waals surface area contributed by atoms with Crippen molar-refractivity contribution >= 4 is 39.1 Å². The van der Waals surface area contributed by atoms with E-state index in [0.717, 1.165) is 10.7 Å². The molecule has 0 aromatic heterocycles. The van der Waals surface area contributed by atoms with Crippen LogP contribution < -0.4 is 19.1 Å². The molecule has 0 spiro atoms. The molecule has 1 unspecified atom stereocenters. The van der Waals surface area contributed by atoms with Crippen LogP contribution >= 0.6 is 11.6 Å². The van der Waals surface area contributed by atoms with Crippen LogP contribution in [-0.2, 0) is 26.2 Å². The van der Waals surface area contributed by atoms with Crippen molar-refractivity contribution in [2.24, 2.45) is 0 Å². The van der Waals surface area contributed by atoms with Gasteiger partial charge in [0.1, 0.15) is 12.6 Å². The fourth-order valence-electron chi connectivity index (χ4n) is 4.32. The molecule has 1 atom stereocenters. The molecule has 2 amide bonds. The first-order valence-electron chi connectivity index (χ1n) is 13.3. The Morgan fingerprint density at radius 3 is 2.20 bits per heavy atom. The number of benzene rings is 3. The number of ether oxygens (including phenoxy) is 2. The summed E-state index contributed by atoms with van der Waals surface area (Å²) in [5.41, 5.74) is 0.828. The van der Waals surface area contributed by atoms with E-state index in [1.54, 1.807) is 61.5 Å². The van der Waals surface area contributed by atoms with Crippen LogP contribution in [0.3, 0.4) is 0 Å². The number of hydrogen-bond acceptors (Lipinski definition) is 6. The van der Waals surface area contributed by atoms with Crippen LogP contribution in [0.5, 0.6) is 11.5 Å². The minimum absolute atomic E-state index is 0.00738. The molecule has 0 saturated heterocycles. The number of methoxy groups -OCH3 is 2. The van der Waals surface area contributed by atoms with Crippen molar-refractivity contribution in [2.45, 2.75) is 44.2 Å². The lowest BCUT2D eigenvalue weighted by Gasteiger charge is -2.33. The average Bonchev–Trinajstić information content (AvgIpc) is 2.99. The highest BCUT2D eigenvalue weighted by atomic mass is 35.5. The highest BCUT2D eigenvalue weighted by Gasteiger charge is 2.34. The standard InChI is InChI=1S/C30H36ClN3O6S/c1-5-18-32-30(36)26(6-2)33(20-22-12-10-11-15-25(22)31)29(35)21-34(41(37,38)24-13-8-7-9-14-24)23-16-17-27(39-3)28(19-23)40-4/h7-17,19,26H,5-6,18,20-21H2,1-4H3,(H,32,36). The van der Waals surface area contributed by atoms with Gasteiger partial charge in [0.2, 0.25) is 11.8 Å². The molecule has 11 heteroatoms. The second kappa shape index (κ2) is 14.7. The van der Waals surface area contributed by atoms with E-state index in [9.17, 15) is 18.0 Å². The SMILES string of the molecule is CCCNC(=O)C(CC)N(Cc1ccccc1Cl)C(=O)CN(c1ccc(OC)c(OC)c1)S(=O)(=O)c1ccccc1. The van der Waals surface area contributed by atoms with E-state index in [2.05, 4.69) is 5.32 Å². The molecule has 41 heavy (non-hydrogen) atoms. The quantitative estimate of drug-likeness (QED) is 0.282. The lowest BCUT2D eigenvalue weighted by Crippen LogP contribution is -2.52. The molecule has 0 heterocycles. The van der Waals surface area contributed by atoms with Gasteiger partial charge in [-0.1, -0.05) is 61.8 Å². The number of sulfonamides is 1. The van der Waals surface area contributed by atoms with E-state index >= 15 is 0 Å². The van der Waals surface area contributed by atoms with Crippen LogP contribution in [0.4, 0.5) is 5.69 Å². The largest absolute Gasteiger partial charge is 0.493 e. The Balaban J connectivity index is 2.11. The van der Waals surface area contributed by atoms with E-state index in [1.165, 1.54) is 37.3 Å². The summed E-state index contributed by atoms with van der Waals surface area (Å²) in [5, 5.41) is 3.29. The number of rotatable bonds is 14. The van der Waals surface area contributed by atoms with Gasteiger partial charge in [0.05, 0.1) is 24.8 Å². The lowest BCUT2D eigenvalue weighted by molar-refractivity contribution is -0.140. The molecular formula is C30H36ClN3O6S. The summed E-state index contributed by atoms with van der Waals surface area (Å²) < 4.78 is 39.6. The smallest absolute Gasteiger partial charge is 0.264 e. The van der Waals surface area contributed by atoms with Crippen LogP contribution in [0, 0.1) is 0 Å². The van der Waals surface area contributed by atoms with Crippen molar-refractivity contribution in [1.82, 2.24) is 10.2 Å². The molecule has 1 N–H and O–H groups in total. The van der Waals surface area contributed by atoms with Crippen molar-refractivity contribution in [2.75, 3.05) is 31.6 Å². The van der Waals surface area contributed by atoms with Crippen LogP contribution in [0.25, 0.3) is 0 Å². The summed E-state index contributed by atoms with van der Waals surface area (Å²) >= 11 is 6.43. The number of hydrogen-bond donors (Lipinski definition) is 1. The van der Waals surface area contributed by atoms with Gasteiger partial charge < -0.3 is 19.7 Å². The number of carbonyl (C=O) groups excluding carboxylic acids is 2. The summed E-state index contributed by atoms with van der Waals surface area (Å²) in [7, 11) is -1.30. The van der Waals surface area contributed by atoms with Gasteiger partial charge >= 0.3 is 0 Å². The molecule has 3 rings (SSSR count). The molecule has 0 aliphatic rings. The lowest BCUT2D eigenvalue weighted by atomic mass is 10.1. The topological polar surface area (TPSA) is 105 Å². The number of halogens is 1. The normalized spacial score (nSPS) is 11.8. The Morgan fingerprint density at radius 2 is 1.59 bits per heavy atom. The summed E-state index contributed by atoms with van der Waals surface area (Å²) in [6.07, 6.45) is 1.04. The number of anilines is 1. The molecule has 0 fully saturated rings. The Morgan fingerprint density at radius 1 is 0.927 bits per heavy atom. The predicted octanol–water partition coefficient (Wildman–Crippen LogP) is 4.89. The van der Waals surface area contributed by atoms with E-state index in [0.29, 0.717) is 35.1 Å². The van der Waals surface area contributed by atoms with Crippen LogP contribution in [0.1, 0.15) is 32.3 Å². The monoisotopic (exact) mass is 601 g/mol. The molecule has 0 saturated carbocycles. The second-order valence-corrected chi connectivity index (χ2v) is 11.5. The van der Waals surface area contributed by atoms with E-state index in [1.807, 2.05) is 6.92 Å². The Kier molecular flexibility index (Phi) is 11.4. The fraction of sp³-hybridized carbons (Fsp3) is 0.333. The Hall–Kier alpha value is -3.76. The number of carbonyl (C=O) groups is 2. The molecule has 0 aliphatic carbocycles. The molecule has 0 bridgehead atoms. The third-order valence-electron chi connectivity index (χ3n) is 6.50. The maximum absolute atomic E-state index is 14.1. The van der Waals surface area contributed by atoms with Crippen LogP contribution in [-0.4, -0.2) is 58.5 Å². The molecule has 220 valence electrons. The van der Waals surface area contributed by atoms with Gasteiger partial charge in [0.25, 0.3) is 10.0 Å². The molecule has 3 aromatic rings. The van der Waals surface area contributed by atoms with E-state index in [-0.39, 0.29) is 23.0 Å². The van der Waals surface area contributed by atoms with Gasteiger partial charge in [-0.05, 0) is 48.7 Å². The van der Waals surface area contributed by atoms with Crippen molar-refractivity contribution in [3.8, 4) is 11.5 Å². The van der Waals surface area contributed by atoms with E-state index < -0.39 is 28.5 Å². The molecular weight excluding hydrogens is 566 g/mol. The summed E-state index contributed by atoms with van der Waals surface area (Å²) in [6.45, 7) is 3.62.